The van der Waals surface area contributed by atoms with Crippen molar-refractivity contribution in [3.05, 3.63) is 39.9 Å². The Morgan fingerprint density at radius 1 is 1.37 bits per heavy atom. The molecule has 1 aromatic heterocycles. The van der Waals surface area contributed by atoms with Crippen LogP contribution in [0.4, 0.5) is 11.5 Å². The van der Waals surface area contributed by atoms with Gasteiger partial charge in [0.05, 0.1) is 4.92 Å². The highest BCUT2D eigenvalue weighted by atomic mass is 16.6. The van der Waals surface area contributed by atoms with E-state index in [1.807, 2.05) is 0 Å². The van der Waals surface area contributed by atoms with Crippen LogP contribution in [0.1, 0.15) is 10.4 Å². The standard InChI is InChI=1S/C11H11N5O3/c1-15-10(12)8(11(13)17)9(14-15)6-2-4-7(5-3-6)16(18)19/h2-5H,12H2,1H3,(H2,13,17). The molecule has 0 saturated carbocycles. The summed E-state index contributed by atoms with van der Waals surface area (Å²) in [5.41, 5.74) is 11.9. The molecule has 0 spiro atoms. The number of nitrogen functional groups attached to an aromatic ring is 1. The van der Waals surface area contributed by atoms with Crippen LogP contribution in [0.5, 0.6) is 0 Å². The molecule has 0 radical (unpaired) electrons. The summed E-state index contributed by atoms with van der Waals surface area (Å²) < 4.78 is 1.33. The van der Waals surface area contributed by atoms with Gasteiger partial charge in [0, 0.05) is 24.7 Å². The fourth-order valence-corrected chi connectivity index (χ4v) is 1.72. The predicted octanol–water partition coefficient (Wildman–Crippen LogP) is 0.676. The zero-order valence-corrected chi connectivity index (χ0v) is 10.0. The first kappa shape index (κ1) is 12.6. The minimum Gasteiger partial charge on any atom is -0.383 e. The lowest BCUT2D eigenvalue weighted by Crippen LogP contribution is -2.14. The van der Waals surface area contributed by atoms with E-state index in [1.54, 1.807) is 7.05 Å². The van der Waals surface area contributed by atoms with Gasteiger partial charge in [-0.3, -0.25) is 19.6 Å². The Bertz CT molecular complexity index is 660. The van der Waals surface area contributed by atoms with Crippen LogP contribution >= 0.6 is 0 Å². The van der Waals surface area contributed by atoms with Gasteiger partial charge in [0.2, 0.25) is 0 Å². The molecule has 0 aliphatic carbocycles. The minimum atomic E-state index is -0.695. The van der Waals surface area contributed by atoms with Gasteiger partial charge in [-0.05, 0) is 12.1 Å². The van der Waals surface area contributed by atoms with E-state index in [-0.39, 0.29) is 17.1 Å². The van der Waals surface area contributed by atoms with Crippen molar-refractivity contribution < 1.29 is 9.72 Å². The van der Waals surface area contributed by atoms with Crippen LogP contribution in [0.25, 0.3) is 11.3 Å². The molecule has 0 aliphatic rings. The number of carbonyl (C=O) groups excluding carboxylic acids is 1. The van der Waals surface area contributed by atoms with Crippen LogP contribution in [0.3, 0.4) is 0 Å². The average Bonchev–Trinajstić information content (AvgIpc) is 2.66. The number of nitro groups is 1. The van der Waals surface area contributed by atoms with Gasteiger partial charge in [0.25, 0.3) is 11.6 Å². The molecule has 0 unspecified atom stereocenters. The number of non-ortho nitro benzene ring substituents is 1. The molecule has 98 valence electrons. The third-order valence-corrected chi connectivity index (χ3v) is 2.69. The molecule has 0 fully saturated rings. The van der Waals surface area contributed by atoms with Crippen molar-refractivity contribution in [3.8, 4) is 11.3 Å². The Hall–Kier alpha value is -2.90. The normalized spacial score (nSPS) is 10.4. The van der Waals surface area contributed by atoms with Gasteiger partial charge in [-0.2, -0.15) is 5.10 Å². The number of hydrogen-bond donors (Lipinski definition) is 2. The molecule has 0 saturated heterocycles. The lowest BCUT2D eigenvalue weighted by atomic mass is 10.1. The van der Waals surface area contributed by atoms with Gasteiger partial charge in [0.1, 0.15) is 17.1 Å². The molecular weight excluding hydrogens is 250 g/mol. The Labute approximate surface area is 107 Å². The Balaban J connectivity index is 2.56. The number of hydrogen-bond acceptors (Lipinski definition) is 5. The summed E-state index contributed by atoms with van der Waals surface area (Å²) in [6.45, 7) is 0. The quantitative estimate of drug-likeness (QED) is 0.619. The Morgan fingerprint density at radius 3 is 2.42 bits per heavy atom. The lowest BCUT2D eigenvalue weighted by Gasteiger charge is -1.99. The summed E-state index contributed by atoms with van der Waals surface area (Å²) in [5.74, 6) is -0.542. The van der Waals surface area contributed by atoms with Crippen molar-refractivity contribution in [3.63, 3.8) is 0 Å². The first-order valence-electron chi connectivity index (χ1n) is 5.29. The van der Waals surface area contributed by atoms with Crippen molar-refractivity contribution in [2.45, 2.75) is 0 Å². The summed E-state index contributed by atoms with van der Waals surface area (Å²) in [7, 11) is 1.58. The van der Waals surface area contributed by atoms with Crippen molar-refractivity contribution in [1.29, 1.82) is 0 Å². The number of primary amides is 1. The molecular formula is C11H11N5O3. The van der Waals surface area contributed by atoms with E-state index in [9.17, 15) is 14.9 Å². The van der Waals surface area contributed by atoms with Gasteiger partial charge < -0.3 is 11.5 Å². The first-order valence-corrected chi connectivity index (χ1v) is 5.29. The SMILES string of the molecule is Cn1nc(-c2ccc([N+](=O)[O-])cc2)c(C(N)=O)c1N. The maximum atomic E-state index is 11.4. The highest BCUT2D eigenvalue weighted by Crippen LogP contribution is 2.27. The zero-order chi connectivity index (χ0) is 14.2. The highest BCUT2D eigenvalue weighted by Gasteiger charge is 2.20. The number of nitrogens with two attached hydrogens (primary N) is 2. The largest absolute Gasteiger partial charge is 0.383 e. The minimum absolute atomic E-state index is 0.0479. The molecule has 0 bridgehead atoms. The maximum absolute atomic E-state index is 11.4. The lowest BCUT2D eigenvalue weighted by molar-refractivity contribution is -0.384. The van der Waals surface area contributed by atoms with E-state index < -0.39 is 10.8 Å². The molecule has 2 rings (SSSR count). The summed E-state index contributed by atoms with van der Waals surface area (Å²) in [6.07, 6.45) is 0. The first-order chi connectivity index (χ1) is 8.91. The van der Waals surface area contributed by atoms with Crippen molar-refractivity contribution in [2.24, 2.45) is 12.8 Å². The van der Waals surface area contributed by atoms with E-state index in [0.717, 1.165) is 0 Å². The molecule has 4 N–H and O–H groups in total. The molecule has 0 atom stereocenters. The Morgan fingerprint density at radius 2 is 1.95 bits per heavy atom. The van der Waals surface area contributed by atoms with E-state index in [2.05, 4.69) is 5.10 Å². The van der Waals surface area contributed by atoms with Gasteiger partial charge in [-0.1, -0.05) is 0 Å². The van der Waals surface area contributed by atoms with Gasteiger partial charge in [0.15, 0.2) is 0 Å². The fourth-order valence-electron chi connectivity index (χ4n) is 1.72. The average molecular weight is 261 g/mol. The molecule has 1 aromatic carbocycles. The number of aromatic nitrogens is 2. The van der Waals surface area contributed by atoms with E-state index in [1.165, 1.54) is 28.9 Å². The molecule has 19 heavy (non-hydrogen) atoms. The highest BCUT2D eigenvalue weighted by molar-refractivity contribution is 6.03. The molecule has 0 aliphatic heterocycles. The van der Waals surface area contributed by atoms with E-state index in [4.69, 9.17) is 11.5 Å². The molecule has 8 heteroatoms. The number of anilines is 1. The fraction of sp³-hybridized carbons (Fsp3) is 0.0909. The molecule has 2 aromatic rings. The maximum Gasteiger partial charge on any atom is 0.269 e. The number of rotatable bonds is 3. The molecule has 8 nitrogen and oxygen atoms in total. The summed E-state index contributed by atoms with van der Waals surface area (Å²) in [4.78, 5) is 21.5. The number of aryl methyl sites for hydroxylation is 1. The van der Waals surface area contributed by atoms with Gasteiger partial charge >= 0.3 is 0 Å². The monoisotopic (exact) mass is 261 g/mol. The van der Waals surface area contributed by atoms with Crippen molar-refractivity contribution in [1.82, 2.24) is 9.78 Å². The van der Waals surface area contributed by atoms with Gasteiger partial charge in [-0.15, -0.1) is 0 Å². The van der Waals surface area contributed by atoms with Crippen LogP contribution in [0, 0.1) is 10.1 Å². The predicted molar refractivity (Wildman–Crippen MR) is 68.2 cm³/mol. The van der Waals surface area contributed by atoms with Crippen LogP contribution in [0.2, 0.25) is 0 Å². The number of amides is 1. The van der Waals surface area contributed by atoms with Crippen LogP contribution < -0.4 is 11.5 Å². The topological polar surface area (TPSA) is 130 Å². The number of benzene rings is 1. The third-order valence-electron chi connectivity index (χ3n) is 2.69. The van der Waals surface area contributed by atoms with Gasteiger partial charge in [-0.25, -0.2) is 0 Å². The van der Waals surface area contributed by atoms with Crippen molar-refractivity contribution >= 4 is 17.4 Å². The molecule has 1 amide bonds. The van der Waals surface area contributed by atoms with Crippen molar-refractivity contribution in [2.75, 3.05) is 5.73 Å². The number of carbonyl (C=O) groups is 1. The second kappa shape index (κ2) is 4.41. The number of nitrogens with zero attached hydrogens (tertiary/aromatic N) is 3. The second-order valence-electron chi connectivity index (χ2n) is 3.90. The summed E-state index contributed by atoms with van der Waals surface area (Å²) >= 11 is 0. The van der Waals surface area contributed by atoms with Crippen LogP contribution in [0.15, 0.2) is 24.3 Å². The third kappa shape index (κ3) is 2.10. The molecule has 1 heterocycles. The van der Waals surface area contributed by atoms with Crippen LogP contribution in [-0.4, -0.2) is 20.6 Å². The van der Waals surface area contributed by atoms with E-state index >= 15 is 0 Å². The zero-order valence-electron chi connectivity index (χ0n) is 10.0. The number of nitro benzene ring substituents is 1. The van der Waals surface area contributed by atoms with Crippen LogP contribution in [-0.2, 0) is 7.05 Å². The summed E-state index contributed by atoms with van der Waals surface area (Å²) in [5, 5.41) is 14.7. The second-order valence-corrected chi connectivity index (χ2v) is 3.90. The summed E-state index contributed by atoms with van der Waals surface area (Å²) in [6, 6.07) is 5.63. The smallest absolute Gasteiger partial charge is 0.269 e. The Kier molecular flexibility index (Phi) is 2.91. The van der Waals surface area contributed by atoms with E-state index in [0.29, 0.717) is 11.3 Å².